The molecule has 116 valence electrons. The Labute approximate surface area is 143 Å². The van der Waals surface area contributed by atoms with E-state index in [-0.39, 0.29) is 12.5 Å². The minimum atomic E-state index is -0.385. The summed E-state index contributed by atoms with van der Waals surface area (Å²) in [6.07, 6.45) is 1.39. The summed E-state index contributed by atoms with van der Waals surface area (Å²) >= 11 is 6.51. The molecule has 1 heterocycles. The van der Waals surface area contributed by atoms with Gasteiger partial charge in [0.05, 0.1) is 17.8 Å². The van der Waals surface area contributed by atoms with Gasteiger partial charge >= 0.3 is 0 Å². The van der Waals surface area contributed by atoms with Crippen molar-refractivity contribution in [2.24, 2.45) is 5.10 Å². The summed E-state index contributed by atoms with van der Waals surface area (Å²) in [6.45, 7) is -0.163. The minimum Gasteiger partial charge on any atom is -0.497 e. The highest BCUT2D eigenvalue weighted by Crippen LogP contribution is 2.28. The maximum absolute atomic E-state index is 11.6. The Kier molecular flexibility index (Phi) is 6.02. The second-order valence-corrected chi connectivity index (χ2v) is 5.66. The average molecular weight is 432 g/mol. The molecule has 0 saturated heterocycles. The van der Waals surface area contributed by atoms with E-state index in [1.54, 1.807) is 37.4 Å². The van der Waals surface area contributed by atoms with E-state index in [9.17, 15) is 4.79 Å². The Hall–Kier alpha value is -1.80. The van der Waals surface area contributed by atoms with Gasteiger partial charge in [0.1, 0.15) is 17.3 Å². The number of furan rings is 1. The first-order valence-corrected chi connectivity index (χ1v) is 7.70. The van der Waals surface area contributed by atoms with Crippen LogP contribution in [0, 0.1) is 0 Å². The molecule has 0 bridgehead atoms. The summed E-state index contributed by atoms with van der Waals surface area (Å²) in [6, 6.07) is 8.64. The van der Waals surface area contributed by atoms with Gasteiger partial charge in [-0.05, 0) is 62.2 Å². The molecule has 8 heteroatoms. The number of carbonyl (C=O) groups is 1. The third kappa shape index (κ3) is 4.88. The number of ether oxygens (including phenoxy) is 2. The van der Waals surface area contributed by atoms with Gasteiger partial charge in [-0.3, -0.25) is 4.79 Å². The zero-order chi connectivity index (χ0) is 15.9. The molecule has 0 aliphatic rings. The molecule has 0 aliphatic carbocycles. The molecule has 0 fully saturated rings. The quantitative estimate of drug-likeness (QED) is 0.562. The summed E-state index contributed by atoms with van der Waals surface area (Å²) in [7, 11) is 1.57. The fourth-order valence-corrected chi connectivity index (χ4v) is 2.26. The molecular weight excluding hydrogens is 420 g/mol. The van der Waals surface area contributed by atoms with Gasteiger partial charge in [-0.2, -0.15) is 5.10 Å². The molecule has 1 aromatic heterocycles. The van der Waals surface area contributed by atoms with Gasteiger partial charge in [-0.15, -0.1) is 0 Å². The molecule has 1 N–H and O–H groups in total. The summed E-state index contributed by atoms with van der Waals surface area (Å²) in [5, 5.41) is 3.77. The normalized spacial score (nSPS) is 10.7. The van der Waals surface area contributed by atoms with Crippen LogP contribution in [0.1, 0.15) is 5.76 Å². The van der Waals surface area contributed by atoms with E-state index in [0.717, 1.165) is 0 Å². The number of benzene rings is 1. The molecule has 0 atom stereocenters. The standard InChI is InChI=1S/C14H12Br2N2O4/c1-20-9-2-4-12(11(15)6-9)21-8-14(19)18-17-7-10-3-5-13(16)22-10/h2-7H,8H2,1H3,(H,18,19)/b17-7+. The zero-order valence-corrected chi connectivity index (χ0v) is 14.7. The lowest BCUT2D eigenvalue weighted by Crippen LogP contribution is -2.24. The molecule has 1 amide bonds. The van der Waals surface area contributed by atoms with Gasteiger partial charge in [-0.1, -0.05) is 0 Å². The lowest BCUT2D eigenvalue weighted by molar-refractivity contribution is -0.123. The predicted octanol–water partition coefficient (Wildman–Crippen LogP) is 3.34. The number of carbonyl (C=O) groups excluding carboxylic acids is 1. The lowest BCUT2D eigenvalue weighted by atomic mass is 10.3. The Balaban J connectivity index is 1.81. The molecule has 0 saturated carbocycles. The van der Waals surface area contributed by atoms with Crippen LogP contribution in [-0.4, -0.2) is 25.8 Å². The summed E-state index contributed by atoms with van der Waals surface area (Å²) in [5.41, 5.74) is 2.34. The molecule has 0 aliphatic heterocycles. The number of amides is 1. The second-order valence-electron chi connectivity index (χ2n) is 4.02. The van der Waals surface area contributed by atoms with Gasteiger partial charge in [0.15, 0.2) is 11.3 Å². The van der Waals surface area contributed by atoms with E-state index in [2.05, 4.69) is 42.4 Å². The van der Waals surface area contributed by atoms with Crippen LogP contribution >= 0.6 is 31.9 Å². The fourth-order valence-electron chi connectivity index (χ4n) is 1.47. The second kappa shape index (κ2) is 8.00. The highest BCUT2D eigenvalue weighted by Gasteiger charge is 2.06. The van der Waals surface area contributed by atoms with Crippen LogP contribution in [0.4, 0.5) is 0 Å². The van der Waals surface area contributed by atoms with Crippen LogP contribution in [0.25, 0.3) is 0 Å². The molecular formula is C14H12Br2N2O4. The van der Waals surface area contributed by atoms with Gasteiger partial charge in [0, 0.05) is 0 Å². The van der Waals surface area contributed by atoms with Gasteiger partial charge in [0.25, 0.3) is 5.91 Å². The van der Waals surface area contributed by atoms with Crippen molar-refractivity contribution in [1.82, 2.24) is 5.43 Å². The van der Waals surface area contributed by atoms with E-state index < -0.39 is 0 Å². The van der Waals surface area contributed by atoms with Crippen molar-refractivity contribution < 1.29 is 18.7 Å². The third-order valence-electron chi connectivity index (χ3n) is 2.47. The van der Waals surface area contributed by atoms with Crippen molar-refractivity contribution in [2.45, 2.75) is 0 Å². The van der Waals surface area contributed by atoms with E-state index in [0.29, 0.717) is 26.4 Å². The molecule has 2 aromatic rings. The summed E-state index contributed by atoms with van der Waals surface area (Å²) in [4.78, 5) is 11.6. The first-order valence-electron chi connectivity index (χ1n) is 6.12. The molecule has 0 radical (unpaired) electrons. The maximum Gasteiger partial charge on any atom is 0.277 e. The largest absolute Gasteiger partial charge is 0.497 e. The van der Waals surface area contributed by atoms with Gasteiger partial charge in [-0.25, -0.2) is 5.43 Å². The Morgan fingerprint density at radius 3 is 2.82 bits per heavy atom. The van der Waals surface area contributed by atoms with Gasteiger partial charge < -0.3 is 13.9 Å². The molecule has 22 heavy (non-hydrogen) atoms. The van der Waals surface area contributed by atoms with Crippen molar-refractivity contribution >= 4 is 44.0 Å². The number of halogens is 2. The van der Waals surface area contributed by atoms with E-state index in [1.165, 1.54) is 6.21 Å². The first-order chi connectivity index (χ1) is 10.6. The predicted molar refractivity (Wildman–Crippen MR) is 88.3 cm³/mol. The lowest BCUT2D eigenvalue weighted by Gasteiger charge is -2.08. The van der Waals surface area contributed by atoms with Crippen LogP contribution in [-0.2, 0) is 4.79 Å². The summed E-state index contributed by atoms with van der Waals surface area (Å²) < 4.78 is 16.9. The third-order valence-corrected chi connectivity index (χ3v) is 3.52. The number of hydrogen-bond acceptors (Lipinski definition) is 5. The molecule has 1 aromatic carbocycles. The topological polar surface area (TPSA) is 73.1 Å². The summed E-state index contributed by atoms with van der Waals surface area (Å²) in [5.74, 6) is 1.36. The van der Waals surface area contributed by atoms with Crippen LogP contribution in [0.15, 0.2) is 49.0 Å². The van der Waals surface area contributed by atoms with Crippen LogP contribution in [0.2, 0.25) is 0 Å². The Morgan fingerprint density at radius 1 is 1.36 bits per heavy atom. The first kappa shape index (κ1) is 16.6. The van der Waals surface area contributed by atoms with E-state index >= 15 is 0 Å². The minimum absolute atomic E-state index is 0.163. The smallest absolute Gasteiger partial charge is 0.277 e. The van der Waals surface area contributed by atoms with Crippen molar-refractivity contribution in [2.75, 3.05) is 13.7 Å². The van der Waals surface area contributed by atoms with Crippen molar-refractivity contribution in [3.63, 3.8) is 0 Å². The highest BCUT2D eigenvalue weighted by molar-refractivity contribution is 9.10. The Bertz CT molecular complexity index is 685. The number of nitrogens with zero attached hydrogens (tertiary/aromatic N) is 1. The monoisotopic (exact) mass is 430 g/mol. The number of hydrazone groups is 1. The maximum atomic E-state index is 11.6. The molecule has 0 spiro atoms. The number of hydrogen-bond donors (Lipinski definition) is 1. The number of nitrogens with one attached hydrogen (secondary N) is 1. The number of methoxy groups -OCH3 is 1. The van der Waals surface area contributed by atoms with Crippen LogP contribution in [0.3, 0.4) is 0 Å². The fraction of sp³-hybridized carbons (Fsp3) is 0.143. The highest BCUT2D eigenvalue weighted by atomic mass is 79.9. The van der Waals surface area contributed by atoms with Crippen LogP contribution < -0.4 is 14.9 Å². The molecule has 2 rings (SSSR count). The van der Waals surface area contributed by atoms with E-state index in [1.807, 2.05) is 0 Å². The number of rotatable bonds is 6. The van der Waals surface area contributed by atoms with Gasteiger partial charge in [0.2, 0.25) is 0 Å². The zero-order valence-electron chi connectivity index (χ0n) is 11.5. The average Bonchev–Trinajstić information content (AvgIpc) is 2.91. The van der Waals surface area contributed by atoms with Crippen molar-refractivity contribution in [1.29, 1.82) is 0 Å². The van der Waals surface area contributed by atoms with Crippen LogP contribution in [0.5, 0.6) is 11.5 Å². The SMILES string of the molecule is COc1ccc(OCC(=O)N/N=C/c2ccc(Br)o2)c(Br)c1. The van der Waals surface area contributed by atoms with Crippen molar-refractivity contribution in [3.05, 3.63) is 45.2 Å². The molecule has 6 nitrogen and oxygen atoms in total. The van der Waals surface area contributed by atoms with E-state index in [4.69, 9.17) is 13.9 Å². The Morgan fingerprint density at radius 2 is 2.18 bits per heavy atom. The van der Waals surface area contributed by atoms with Crippen molar-refractivity contribution in [3.8, 4) is 11.5 Å². The molecule has 0 unspecified atom stereocenters.